The molecule has 0 unspecified atom stereocenters. The van der Waals surface area contributed by atoms with E-state index in [9.17, 15) is 17.9 Å². The van der Waals surface area contributed by atoms with E-state index >= 15 is 0 Å². The minimum atomic E-state index is -3.54. The molecular weight excluding hydrogens is 449 g/mol. The molecule has 0 amide bonds. The summed E-state index contributed by atoms with van der Waals surface area (Å²) in [4.78, 5) is 4.59. The summed E-state index contributed by atoms with van der Waals surface area (Å²) >= 11 is 0. The first kappa shape index (κ1) is 23.9. The van der Waals surface area contributed by atoms with Crippen molar-refractivity contribution in [2.75, 3.05) is 70.5 Å². The van der Waals surface area contributed by atoms with Crippen LogP contribution in [0, 0.1) is 5.82 Å². The van der Waals surface area contributed by atoms with Gasteiger partial charge in [0.25, 0.3) is 0 Å². The van der Waals surface area contributed by atoms with Crippen molar-refractivity contribution in [3.05, 3.63) is 54.3 Å². The Morgan fingerprint density at radius 2 is 1.58 bits per heavy atom. The average Bonchev–Trinajstić information content (AvgIpc) is 2.85. The van der Waals surface area contributed by atoms with Crippen molar-refractivity contribution in [1.29, 1.82) is 0 Å². The van der Waals surface area contributed by atoms with Gasteiger partial charge in [0, 0.05) is 51.5 Å². The molecule has 4 rings (SSSR count). The molecule has 2 aromatic rings. The van der Waals surface area contributed by atoms with Gasteiger partial charge < -0.3 is 19.5 Å². The van der Waals surface area contributed by atoms with Gasteiger partial charge in [0.15, 0.2) is 0 Å². The zero-order chi connectivity index (χ0) is 23.3. The topological polar surface area (TPSA) is 82.5 Å². The van der Waals surface area contributed by atoms with E-state index in [1.807, 2.05) is 0 Å². The van der Waals surface area contributed by atoms with Crippen LogP contribution in [-0.2, 0) is 14.8 Å². The van der Waals surface area contributed by atoms with Crippen LogP contribution >= 0.6 is 0 Å². The van der Waals surface area contributed by atoms with Crippen LogP contribution in [0.3, 0.4) is 0 Å². The van der Waals surface area contributed by atoms with Gasteiger partial charge in [-0.1, -0.05) is 0 Å². The number of aliphatic hydroxyl groups excluding tert-OH is 1. The molecule has 0 saturated carbocycles. The quantitative estimate of drug-likeness (QED) is 0.613. The van der Waals surface area contributed by atoms with Crippen molar-refractivity contribution in [3.63, 3.8) is 0 Å². The highest BCUT2D eigenvalue weighted by molar-refractivity contribution is 7.89. The lowest BCUT2D eigenvalue weighted by Crippen LogP contribution is -2.49. The number of piperazine rings is 1. The summed E-state index contributed by atoms with van der Waals surface area (Å²) in [5.74, 6) is 0.269. The first-order valence-corrected chi connectivity index (χ1v) is 12.6. The van der Waals surface area contributed by atoms with E-state index in [2.05, 4.69) is 9.80 Å². The number of halogens is 1. The Labute approximate surface area is 194 Å². The fraction of sp³-hybridized carbons (Fsp3) is 0.478. The number of morpholine rings is 1. The Morgan fingerprint density at radius 1 is 0.939 bits per heavy atom. The Balaban J connectivity index is 1.21. The number of rotatable bonds is 8. The van der Waals surface area contributed by atoms with Gasteiger partial charge in [-0.25, -0.2) is 12.8 Å². The third kappa shape index (κ3) is 6.21. The second-order valence-electron chi connectivity index (χ2n) is 8.22. The van der Waals surface area contributed by atoms with Crippen LogP contribution in [0.1, 0.15) is 0 Å². The zero-order valence-electron chi connectivity index (χ0n) is 18.5. The molecule has 1 N–H and O–H groups in total. The van der Waals surface area contributed by atoms with Crippen LogP contribution in [0.4, 0.5) is 10.1 Å². The van der Waals surface area contributed by atoms with E-state index in [-0.39, 0.29) is 17.3 Å². The number of anilines is 1. The number of hydrogen-bond donors (Lipinski definition) is 1. The van der Waals surface area contributed by atoms with Gasteiger partial charge in [-0.2, -0.15) is 4.31 Å². The largest absolute Gasteiger partial charge is 0.491 e. The molecule has 8 nitrogen and oxygen atoms in total. The molecule has 180 valence electrons. The van der Waals surface area contributed by atoms with Crippen molar-refractivity contribution >= 4 is 15.7 Å². The average molecular weight is 480 g/mol. The van der Waals surface area contributed by atoms with Crippen LogP contribution in [0.15, 0.2) is 53.4 Å². The summed E-state index contributed by atoms with van der Waals surface area (Å²) in [6.07, 6.45) is -0.667. The second kappa shape index (κ2) is 10.8. The fourth-order valence-corrected chi connectivity index (χ4v) is 5.44. The van der Waals surface area contributed by atoms with Crippen molar-refractivity contribution in [3.8, 4) is 5.75 Å². The molecule has 2 saturated heterocycles. The zero-order valence-corrected chi connectivity index (χ0v) is 19.3. The molecule has 1 atom stereocenters. The highest BCUT2D eigenvalue weighted by atomic mass is 32.2. The van der Waals surface area contributed by atoms with Crippen LogP contribution in [0.2, 0.25) is 0 Å². The van der Waals surface area contributed by atoms with E-state index in [0.717, 1.165) is 31.9 Å². The number of benzene rings is 2. The van der Waals surface area contributed by atoms with Crippen molar-refractivity contribution < 1.29 is 27.4 Å². The summed E-state index contributed by atoms with van der Waals surface area (Å²) in [5, 5.41) is 10.4. The molecule has 33 heavy (non-hydrogen) atoms. The number of hydrogen-bond acceptors (Lipinski definition) is 7. The summed E-state index contributed by atoms with van der Waals surface area (Å²) in [7, 11) is -3.54. The van der Waals surface area contributed by atoms with Crippen molar-refractivity contribution in [2.45, 2.75) is 11.0 Å². The molecule has 2 fully saturated rings. The van der Waals surface area contributed by atoms with Gasteiger partial charge in [0.05, 0.1) is 18.1 Å². The molecule has 2 heterocycles. The van der Waals surface area contributed by atoms with E-state index in [4.69, 9.17) is 9.47 Å². The van der Waals surface area contributed by atoms with E-state index < -0.39 is 16.1 Å². The minimum absolute atomic E-state index is 0.119. The molecule has 10 heteroatoms. The third-order valence-electron chi connectivity index (χ3n) is 5.91. The summed E-state index contributed by atoms with van der Waals surface area (Å²) in [6, 6.07) is 12.8. The van der Waals surface area contributed by atoms with E-state index in [1.54, 1.807) is 24.3 Å². The van der Waals surface area contributed by atoms with Crippen molar-refractivity contribution in [1.82, 2.24) is 9.21 Å². The van der Waals surface area contributed by atoms with Gasteiger partial charge in [-0.15, -0.1) is 0 Å². The lowest BCUT2D eigenvalue weighted by molar-refractivity contribution is 0.0663. The van der Waals surface area contributed by atoms with Gasteiger partial charge in [0.2, 0.25) is 10.0 Å². The molecule has 0 bridgehead atoms. The maximum atomic E-state index is 13.1. The Hall–Kier alpha value is -2.24. The molecule has 2 aliphatic heterocycles. The van der Waals surface area contributed by atoms with E-state index in [0.29, 0.717) is 38.6 Å². The van der Waals surface area contributed by atoms with Crippen LogP contribution < -0.4 is 9.64 Å². The molecule has 2 aromatic carbocycles. The molecule has 0 aromatic heterocycles. The maximum Gasteiger partial charge on any atom is 0.243 e. The second-order valence-corrected chi connectivity index (χ2v) is 10.2. The lowest BCUT2D eigenvalue weighted by atomic mass is 10.2. The van der Waals surface area contributed by atoms with Crippen LogP contribution in [0.25, 0.3) is 0 Å². The highest BCUT2D eigenvalue weighted by Gasteiger charge is 2.26. The van der Waals surface area contributed by atoms with Gasteiger partial charge in [-0.3, -0.25) is 4.90 Å². The molecule has 2 aliphatic rings. The van der Waals surface area contributed by atoms with Gasteiger partial charge in [0.1, 0.15) is 24.3 Å². The fourth-order valence-electron chi connectivity index (χ4n) is 4.03. The molecule has 0 radical (unpaired) electrons. The number of ether oxygens (including phenoxy) is 2. The summed E-state index contributed by atoms with van der Waals surface area (Å²) in [5.41, 5.74) is 0.999. The number of aliphatic hydroxyl groups is 1. The van der Waals surface area contributed by atoms with Crippen LogP contribution in [0.5, 0.6) is 5.75 Å². The molecular formula is C23H30FN3O5S. The third-order valence-corrected chi connectivity index (χ3v) is 7.82. The summed E-state index contributed by atoms with van der Waals surface area (Å²) < 4.78 is 50.8. The lowest BCUT2D eigenvalue weighted by Gasteiger charge is -2.36. The first-order valence-electron chi connectivity index (χ1n) is 11.1. The summed E-state index contributed by atoms with van der Waals surface area (Å²) in [6.45, 7) is 5.31. The maximum absolute atomic E-state index is 13.1. The smallest absolute Gasteiger partial charge is 0.243 e. The van der Waals surface area contributed by atoms with Crippen LogP contribution in [-0.4, -0.2) is 94.5 Å². The van der Waals surface area contributed by atoms with Gasteiger partial charge >= 0.3 is 0 Å². The predicted octanol–water partition coefficient (Wildman–Crippen LogP) is 1.41. The Morgan fingerprint density at radius 3 is 2.21 bits per heavy atom. The van der Waals surface area contributed by atoms with Gasteiger partial charge in [-0.05, 0) is 48.5 Å². The molecule has 0 aliphatic carbocycles. The normalized spacial score (nSPS) is 19.4. The highest BCUT2D eigenvalue weighted by Crippen LogP contribution is 2.21. The monoisotopic (exact) mass is 479 g/mol. The number of nitrogens with zero attached hydrogens (tertiary/aromatic N) is 3. The first-order chi connectivity index (χ1) is 15.9. The Kier molecular flexibility index (Phi) is 7.82. The minimum Gasteiger partial charge on any atom is -0.491 e. The number of sulfonamides is 1. The van der Waals surface area contributed by atoms with Crippen molar-refractivity contribution in [2.24, 2.45) is 0 Å². The SMILES string of the molecule is O=S(=O)(c1ccc(OC[C@@H](O)CN2CCN(c3ccc(F)cc3)CC2)cc1)N1CCOCC1. The van der Waals surface area contributed by atoms with E-state index in [1.165, 1.54) is 28.6 Å². The molecule has 0 spiro atoms. The standard InChI is InChI=1S/C23H30FN3O5S/c24-19-1-3-20(4-2-19)26-11-9-25(10-12-26)17-21(28)18-32-22-5-7-23(8-6-22)33(29,30)27-13-15-31-16-14-27/h1-8,21,28H,9-18H2/t21-/m0/s1. The Bertz CT molecular complexity index is 990. The number of β-amino-alcohol motifs (C(OH)–C–C–N with tert-alkyl or cyclic N) is 1. The predicted molar refractivity (Wildman–Crippen MR) is 123 cm³/mol.